The molecular weight excluding hydrogens is 548 g/mol. The highest BCUT2D eigenvalue weighted by Gasteiger charge is 2.16. The molecule has 0 aromatic carbocycles. The molecule has 250 valence electrons. The smallest absolute Gasteiger partial charge is 0.306 e. The Bertz CT molecular complexity index is 833. The molecule has 5 heteroatoms. The second kappa shape index (κ2) is 34.8. The minimum Gasteiger partial charge on any atom is -0.462 e. The standard InChI is InChI=1S/C39H64O5/c1-3-5-7-9-11-13-15-17-19-21-23-25-27-29-31-33-38(41)43-36-37(35-40)44-39(42)34-32-30-28-26-24-22-20-18-16-14-12-10-8-6-4-2/h6,8,11-14,17-20,23,25,37,40H,3-5,7,9-10,15-16,21-22,24,26-36H2,1-2H3/t37-/m0/s1. The van der Waals surface area contributed by atoms with Gasteiger partial charge in [0.2, 0.25) is 0 Å². The molecule has 0 rings (SSSR count). The van der Waals surface area contributed by atoms with Crippen LogP contribution in [0.1, 0.15) is 142 Å². The van der Waals surface area contributed by atoms with E-state index in [1.54, 1.807) is 0 Å². The van der Waals surface area contributed by atoms with Crippen LogP contribution in [0.4, 0.5) is 0 Å². The van der Waals surface area contributed by atoms with E-state index < -0.39 is 6.10 Å². The van der Waals surface area contributed by atoms with Crippen molar-refractivity contribution in [3.8, 4) is 0 Å². The number of carbonyl (C=O) groups is 2. The molecule has 0 aliphatic heterocycles. The van der Waals surface area contributed by atoms with E-state index in [2.05, 4.69) is 86.8 Å². The van der Waals surface area contributed by atoms with Gasteiger partial charge in [0.25, 0.3) is 0 Å². The molecule has 0 aliphatic carbocycles. The fourth-order valence-electron chi connectivity index (χ4n) is 4.34. The molecule has 44 heavy (non-hydrogen) atoms. The molecule has 5 nitrogen and oxygen atoms in total. The van der Waals surface area contributed by atoms with Crippen LogP contribution < -0.4 is 0 Å². The molecule has 1 atom stereocenters. The molecule has 0 aliphatic rings. The molecule has 0 aromatic rings. The number of carbonyl (C=O) groups excluding carboxylic acids is 2. The van der Waals surface area contributed by atoms with Gasteiger partial charge in [-0.3, -0.25) is 9.59 Å². The van der Waals surface area contributed by atoms with E-state index in [0.717, 1.165) is 89.9 Å². The van der Waals surface area contributed by atoms with Crippen LogP contribution in [0, 0.1) is 0 Å². The molecule has 0 fully saturated rings. The first-order chi connectivity index (χ1) is 21.6. The van der Waals surface area contributed by atoms with E-state index in [-0.39, 0.29) is 25.2 Å². The van der Waals surface area contributed by atoms with Gasteiger partial charge in [-0.1, -0.05) is 119 Å². The highest BCUT2D eigenvalue weighted by molar-refractivity contribution is 5.70. The highest BCUT2D eigenvalue weighted by atomic mass is 16.6. The summed E-state index contributed by atoms with van der Waals surface area (Å²) in [6.07, 6.45) is 45.2. The molecule has 0 saturated heterocycles. The minimum absolute atomic E-state index is 0.0968. The number of unbranched alkanes of at least 4 members (excludes halogenated alkanes) is 10. The van der Waals surface area contributed by atoms with Crippen LogP contribution in [-0.4, -0.2) is 36.4 Å². The molecule has 0 spiro atoms. The van der Waals surface area contributed by atoms with Gasteiger partial charge in [0.05, 0.1) is 6.61 Å². The maximum atomic E-state index is 12.1. The number of aliphatic hydroxyl groups is 1. The molecular formula is C39H64O5. The number of allylic oxidation sites excluding steroid dienone is 12. The maximum Gasteiger partial charge on any atom is 0.306 e. The minimum atomic E-state index is -0.798. The third-order valence-electron chi connectivity index (χ3n) is 6.98. The van der Waals surface area contributed by atoms with E-state index in [9.17, 15) is 14.7 Å². The average Bonchev–Trinajstić information content (AvgIpc) is 3.02. The Morgan fingerprint density at radius 1 is 0.545 bits per heavy atom. The zero-order valence-electron chi connectivity index (χ0n) is 28.1. The van der Waals surface area contributed by atoms with Crippen LogP contribution in [0.5, 0.6) is 0 Å². The largest absolute Gasteiger partial charge is 0.462 e. The van der Waals surface area contributed by atoms with Crippen molar-refractivity contribution in [3.63, 3.8) is 0 Å². The van der Waals surface area contributed by atoms with Crippen molar-refractivity contribution in [2.45, 2.75) is 148 Å². The molecule has 0 unspecified atom stereocenters. The van der Waals surface area contributed by atoms with Gasteiger partial charge in [-0.2, -0.15) is 0 Å². The Morgan fingerprint density at radius 2 is 0.977 bits per heavy atom. The summed E-state index contributed by atoms with van der Waals surface area (Å²) in [5, 5.41) is 9.51. The fraction of sp³-hybridized carbons (Fsp3) is 0.641. The summed E-state index contributed by atoms with van der Waals surface area (Å²) in [6.45, 7) is 3.92. The SMILES string of the molecule is CCC=CCC=CCC=CCCCCCCCC(=O)O[C@@H](CO)COC(=O)CCCCC=CCC=CCC=CCCCCC. The van der Waals surface area contributed by atoms with E-state index in [1.165, 1.54) is 25.7 Å². The van der Waals surface area contributed by atoms with E-state index in [0.29, 0.717) is 12.8 Å². The molecule has 0 bridgehead atoms. The monoisotopic (exact) mass is 612 g/mol. The van der Waals surface area contributed by atoms with Crippen LogP contribution in [0.25, 0.3) is 0 Å². The molecule has 0 aromatic heterocycles. The van der Waals surface area contributed by atoms with Gasteiger partial charge in [-0.05, 0) is 83.5 Å². The van der Waals surface area contributed by atoms with Crippen LogP contribution in [0.15, 0.2) is 72.9 Å². The molecule has 0 amide bonds. The lowest BCUT2D eigenvalue weighted by Crippen LogP contribution is -2.28. The van der Waals surface area contributed by atoms with Gasteiger partial charge >= 0.3 is 11.9 Å². The number of esters is 2. The zero-order valence-corrected chi connectivity index (χ0v) is 28.1. The Labute approximate surface area is 270 Å². The Hall–Kier alpha value is -2.66. The number of rotatable bonds is 30. The van der Waals surface area contributed by atoms with Gasteiger partial charge in [0, 0.05) is 12.8 Å². The summed E-state index contributed by atoms with van der Waals surface area (Å²) < 4.78 is 10.5. The first-order valence-corrected chi connectivity index (χ1v) is 17.5. The topological polar surface area (TPSA) is 72.8 Å². The first-order valence-electron chi connectivity index (χ1n) is 17.5. The van der Waals surface area contributed by atoms with E-state index >= 15 is 0 Å². The molecule has 0 radical (unpaired) electrons. The van der Waals surface area contributed by atoms with Gasteiger partial charge in [-0.15, -0.1) is 0 Å². The summed E-state index contributed by atoms with van der Waals surface area (Å²) in [5.41, 5.74) is 0. The quantitative estimate of drug-likeness (QED) is 0.0496. The van der Waals surface area contributed by atoms with Crippen molar-refractivity contribution >= 4 is 11.9 Å². The number of hydrogen-bond donors (Lipinski definition) is 1. The third-order valence-corrected chi connectivity index (χ3v) is 6.98. The van der Waals surface area contributed by atoms with Crippen molar-refractivity contribution in [1.29, 1.82) is 0 Å². The van der Waals surface area contributed by atoms with Crippen LogP contribution >= 0.6 is 0 Å². The Balaban J connectivity index is 3.71. The lowest BCUT2D eigenvalue weighted by Gasteiger charge is -2.15. The summed E-state index contributed by atoms with van der Waals surface area (Å²) in [5.74, 6) is -0.665. The lowest BCUT2D eigenvalue weighted by molar-refractivity contribution is -0.161. The predicted octanol–water partition coefficient (Wildman–Crippen LogP) is 10.6. The van der Waals surface area contributed by atoms with Crippen molar-refractivity contribution in [3.05, 3.63) is 72.9 Å². The Morgan fingerprint density at radius 3 is 1.52 bits per heavy atom. The molecule has 1 N–H and O–H groups in total. The summed E-state index contributed by atoms with van der Waals surface area (Å²) in [7, 11) is 0. The van der Waals surface area contributed by atoms with Crippen molar-refractivity contribution in [1.82, 2.24) is 0 Å². The number of hydrogen-bond acceptors (Lipinski definition) is 5. The normalized spacial score (nSPS) is 13.1. The van der Waals surface area contributed by atoms with Gasteiger partial charge in [0.15, 0.2) is 6.10 Å². The van der Waals surface area contributed by atoms with Gasteiger partial charge in [0.1, 0.15) is 6.61 Å². The predicted molar refractivity (Wildman–Crippen MR) is 186 cm³/mol. The highest BCUT2D eigenvalue weighted by Crippen LogP contribution is 2.10. The lowest BCUT2D eigenvalue weighted by atomic mass is 10.1. The number of aliphatic hydroxyl groups excluding tert-OH is 1. The molecule has 0 heterocycles. The van der Waals surface area contributed by atoms with Crippen molar-refractivity contribution < 1.29 is 24.2 Å². The van der Waals surface area contributed by atoms with Gasteiger partial charge < -0.3 is 14.6 Å². The van der Waals surface area contributed by atoms with Gasteiger partial charge in [-0.25, -0.2) is 0 Å². The Kier molecular flexibility index (Phi) is 32.7. The van der Waals surface area contributed by atoms with Crippen LogP contribution in [0.3, 0.4) is 0 Å². The summed E-state index contributed by atoms with van der Waals surface area (Å²) in [6, 6.07) is 0. The van der Waals surface area contributed by atoms with Crippen LogP contribution in [-0.2, 0) is 19.1 Å². The number of ether oxygens (including phenoxy) is 2. The summed E-state index contributed by atoms with van der Waals surface area (Å²) >= 11 is 0. The molecule has 0 saturated carbocycles. The van der Waals surface area contributed by atoms with Crippen LogP contribution in [0.2, 0.25) is 0 Å². The third kappa shape index (κ3) is 32.3. The summed E-state index contributed by atoms with van der Waals surface area (Å²) in [4.78, 5) is 24.1. The second-order valence-electron chi connectivity index (χ2n) is 11.2. The second-order valence-corrected chi connectivity index (χ2v) is 11.2. The van der Waals surface area contributed by atoms with E-state index in [4.69, 9.17) is 9.47 Å². The fourth-order valence-corrected chi connectivity index (χ4v) is 4.34. The average molecular weight is 613 g/mol. The van der Waals surface area contributed by atoms with Crippen molar-refractivity contribution in [2.75, 3.05) is 13.2 Å². The maximum absolute atomic E-state index is 12.1. The van der Waals surface area contributed by atoms with E-state index in [1.807, 2.05) is 0 Å². The zero-order chi connectivity index (χ0) is 32.2. The van der Waals surface area contributed by atoms with Crippen molar-refractivity contribution in [2.24, 2.45) is 0 Å². The first kappa shape index (κ1) is 41.3.